The number of nitrogens with one attached hydrogen (secondary N) is 2. The lowest BCUT2D eigenvalue weighted by Crippen LogP contribution is -2.30. The number of hydrazone groups is 1. The van der Waals surface area contributed by atoms with E-state index in [2.05, 4.69) is 34.9 Å². The maximum absolute atomic E-state index is 12.8. The van der Waals surface area contributed by atoms with Gasteiger partial charge in [0, 0.05) is 23.7 Å². The Morgan fingerprint density at radius 2 is 1.79 bits per heavy atom. The van der Waals surface area contributed by atoms with Gasteiger partial charge in [0.1, 0.15) is 0 Å². The van der Waals surface area contributed by atoms with Crippen molar-refractivity contribution in [3.05, 3.63) is 95.1 Å². The summed E-state index contributed by atoms with van der Waals surface area (Å²) in [6.07, 6.45) is 7.16. The third-order valence-electron chi connectivity index (χ3n) is 4.51. The number of carbonyl (C=O) groups is 1. The highest BCUT2D eigenvalue weighted by molar-refractivity contribution is 7.80. The molecule has 1 atom stereocenters. The van der Waals surface area contributed by atoms with E-state index >= 15 is 0 Å². The highest BCUT2D eigenvalue weighted by Crippen LogP contribution is 2.23. The molecule has 3 rings (SSSR count). The Bertz CT molecular complexity index is 961. The lowest BCUT2D eigenvalue weighted by Gasteiger charge is -2.17. The standard InChI is InChI=1S/C23H23N3OS/c1-16-8-6-11-18(14-16)21(25-26-23(28)24-2)19-12-7-13-20(15-19)22(27)17-9-4-3-5-10-17/h3-13,15-16H,14H2,1-2H3,(H2,24,26,28)/b25-21-. The monoisotopic (exact) mass is 389 g/mol. The molecule has 0 radical (unpaired) electrons. The Balaban J connectivity index is 1.98. The van der Waals surface area contributed by atoms with Crippen LogP contribution in [0.3, 0.4) is 0 Å². The van der Waals surface area contributed by atoms with Gasteiger partial charge >= 0.3 is 0 Å². The molecule has 0 saturated carbocycles. The van der Waals surface area contributed by atoms with Gasteiger partial charge in [-0.3, -0.25) is 10.2 Å². The van der Waals surface area contributed by atoms with Crippen LogP contribution in [0.4, 0.5) is 0 Å². The Morgan fingerprint density at radius 3 is 2.50 bits per heavy atom. The number of hydrogen-bond donors (Lipinski definition) is 2. The summed E-state index contributed by atoms with van der Waals surface area (Å²) >= 11 is 5.16. The predicted octanol–water partition coefficient (Wildman–Crippen LogP) is 4.24. The first-order valence-corrected chi connectivity index (χ1v) is 9.62. The third kappa shape index (κ3) is 4.81. The van der Waals surface area contributed by atoms with Crippen molar-refractivity contribution in [2.24, 2.45) is 11.0 Å². The van der Waals surface area contributed by atoms with Gasteiger partial charge in [0.15, 0.2) is 10.9 Å². The van der Waals surface area contributed by atoms with E-state index in [1.807, 2.05) is 60.7 Å². The quantitative estimate of drug-likeness (QED) is 0.348. The first kappa shape index (κ1) is 19.7. The summed E-state index contributed by atoms with van der Waals surface area (Å²) in [7, 11) is 1.74. The zero-order valence-electron chi connectivity index (χ0n) is 16.0. The zero-order chi connectivity index (χ0) is 19.9. The molecule has 4 nitrogen and oxygen atoms in total. The summed E-state index contributed by atoms with van der Waals surface area (Å²) in [4.78, 5) is 12.8. The molecular formula is C23H23N3OS. The van der Waals surface area contributed by atoms with Crippen LogP contribution in [-0.4, -0.2) is 23.7 Å². The van der Waals surface area contributed by atoms with Crippen LogP contribution >= 0.6 is 12.2 Å². The smallest absolute Gasteiger partial charge is 0.193 e. The van der Waals surface area contributed by atoms with Crippen molar-refractivity contribution in [1.29, 1.82) is 0 Å². The summed E-state index contributed by atoms with van der Waals surface area (Å²) in [6.45, 7) is 2.17. The van der Waals surface area contributed by atoms with Gasteiger partial charge in [-0.15, -0.1) is 0 Å². The Morgan fingerprint density at radius 1 is 1.07 bits per heavy atom. The molecule has 0 aliphatic heterocycles. The van der Waals surface area contributed by atoms with Crippen LogP contribution in [-0.2, 0) is 0 Å². The first-order valence-electron chi connectivity index (χ1n) is 9.22. The number of rotatable bonds is 5. The van der Waals surface area contributed by atoms with E-state index in [9.17, 15) is 4.79 Å². The molecule has 2 aromatic rings. The SMILES string of the molecule is CNC(=S)N/N=C(/C1=CC=CC(C)C1)c1cccc(C(=O)c2ccccc2)c1. The fourth-order valence-corrected chi connectivity index (χ4v) is 3.11. The van der Waals surface area contributed by atoms with Crippen LogP contribution in [0.5, 0.6) is 0 Å². The van der Waals surface area contributed by atoms with Crippen molar-refractivity contribution in [1.82, 2.24) is 10.7 Å². The maximum Gasteiger partial charge on any atom is 0.193 e. The molecule has 0 bridgehead atoms. The molecule has 1 unspecified atom stereocenters. The summed E-state index contributed by atoms with van der Waals surface area (Å²) in [5.74, 6) is 0.418. The summed E-state index contributed by atoms with van der Waals surface area (Å²) in [6, 6.07) is 16.9. The Hall–Kier alpha value is -3.05. The molecule has 5 heteroatoms. The number of ketones is 1. The van der Waals surface area contributed by atoms with E-state index in [1.165, 1.54) is 0 Å². The molecular weight excluding hydrogens is 366 g/mol. The first-order chi connectivity index (χ1) is 13.6. The van der Waals surface area contributed by atoms with Gasteiger partial charge in [0.2, 0.25) is 0 Å². The molecule has 0 saturated heterocycles. The molecule has 28 heavy (non-hydrogen) atoms. The van der Waals surface area contributed by atoms with Gasteiger partial charge in [-0.2, -0.15) is 5.10 Å². The zero-order valence-corrected chi connectivity index (χ0v) is 16.8. The van der Waals surface area contributed by atoms with E-state index in [-0.39, 0.29) is 5.78 Å². The van der Waals surface area contributed by atoms with Crippen molar-refractivity contribution in [2.45, 2.75) is 13.3 Å². The molecule has 2 aromatic carbocycles. The molecule has 0 aromatic heterocycles. The van der Waals surface area contributed by atoms with Gasteiger partial charge in [0.25, 0.3) is 0 Å². The molecule has 142 valence electrons. The second kappa shape index (κ2) is 9.24. The lowest BCUT2D eigenvalue weighted by molar-refractivity contribution is 0.103. The number of allylic oxidation sites excluding steroid dienone is 4. The molecule has 1 aliphatic rings. The second-order valence-electron chi connectivity index (χ2n) is 6.69. The van der Waals surface area contributed by atoms with E-state index in [0.29, 0.717) is 22.2 Å². The number of benzene rings is 2. The molecule has 0 fully saturated rings. The molecule has 2 N–H and O–H groups in total. The van der Waals surface area contributed by atoms with Crippen molar-refractivity contribution in [3.63, 3.8) is 0 Å². The fourth-order valence-electron chi connectivity index (χ4n) is 3.07. The van der Waals surface area contributed by atoms with Gasteiger partial charge < -0.3 is 5.32 Å². The Kier molecular flexibility index (Phi) is 6.50. The van der Waals surface area contributed by atoms with E-state index < -0.39 is 0 Å². The van der Waals surface area contributed by atoms with Crippen LogP contribution in [0.2, 0.25) is 0 Å². The van der Waals surface area contributed by atoms with Gasteiger partial charge in [-0.05, 0) is 36.2 Å². The van der Waals surface area contributed by atoms with E-state index in [4.69, 9.17) is 12.2 Å². The van der Waals surface area contributed by atoms with Crippen LogP contribution in [0.15, 0.2) is 83.5 Å². The highest BCUT2D eigenvalue weighted by Gasteiger charge is 2.17. The van der Waals surface area contributed by atoms with Gasteiger partial charge in [0.05, 0.1) is 5.71 Å². The Labute approximate surface area is 171 Å². The third-order valence-corrected chi connectivity index (χ3v) is 4.81. The van der Waals surface area contributed by atoms with Crippen molar-refractivity contribution >= 4 is 28.8 Å². The fraction of sp³-hybridized carbons (Fsp3) is 0.174. The predicted molar refractivity (Wildman–Crippen MR) is 119 cm³/mol. The average molecular weight is 390 g/mol. The second-order valence-corrected chi connectivity index (χ2v) is 7.09. The van der Waals surface area contributed by atoms with Crippen molar-refractivity contribution in [3.8, 4) is 0 Å². The summed E-state index contributed by atoms with van der Waals surface area (Å²) in [5.41, 5.74) is 6.95. The van der Waals surface area contributed by atoms with Crippen LogP contribution < -0.4 is 10.7 Å². The number of thiocarbonyl (C=S) groups is 1. The molecule has 0 amide bonds. The van der Waals surface area contributed by atoms with Crippen LogP contribution in [0.1, 0.15) is 34.8 Å². The average Bonchev–Trinajstić information content (AvgIpc) is 2.74. The topological polar surface area (TPSA) is 53.5 Å². The van der Waals surface area contributed by atoms with Gasteiger partial charge in [-0.25, -0.2) is 0 Å². The van der Waals surface area contributed by atoms with Crippen LogP contribution in [0, 0.1) is 5.92 Å². The lowest BCUT2D eigenvalue weighted by atomic mass is 9.89. The number of nitrogens with zero attached hydrogens (tertiary/aromatic N) is 1. The van der Waals surface area contributed by atoms with Crippen molar-refractivity contribution in [2.75, 3.05) is 7.05 Å². The summed E-state index contributed by atoms with van der Waals surface area (Å²) < 4.78 is 0. The van der Waals surface area contributed by atoms with Gasteiger partial charge in [-0.1, -0.05) is 73.7 Å². The maximum atomic E-state index is 12.8. The number of hydrogen-bond acceptors (Lipinski definition) is 3. The van der Waals surface area contributed by atoms with Crippen molar-refractivity contribution < 1.29 is 4.79 Å². The minimum atomic E-state index is -0.00797. The van der Waals surface area contributed by atoms with Crippen LogP contribution in [0.25, 0.3) is 0 Å². The molecule has 1 aliphatic carbocycles. The normalized spacial score (nSPS) is 16.3. The molecule has 0 heterocycles. The van der Waals surface area contributed by atoms with E-state index in [1.54, 1.807) is 7.05 Å². The molecule has 0 spiro atoms. The van der Waals surface area contributed by atoms with E-state index in [0.717, 1.165) is 23.3 Å². The largest absolute Gasteiger partial charge is 0.364 e. The minimum Gasteiger partial charge on any atom is -0.364 e. The highest BCUT2D eigenvalue weighted by atomic mass is 32.1. The number of carbonyl (C=O) groups excluding carboxylic acids is 1. The summed E-state index contributed by atoms with van der Waals surface area (Å²) in [5, 5.41) is 7.84. The minimum absolute atomic E-state index is 0.00797.